The first-order valence-electron chi connectivity index (χ1n) is 4.53. The van der Waals surface area contributed by atoms with Crippen molar-refractivity contribution >= 4 is 6.03 Å². The Balaban J connectivity index is 3.34. The molecule has 0 aromatic rings. The molecule has 2 N–H and O–H groups in total. The van der Waals surface area contributed by atoms with Gasteiger partial charge in [0.25, 0.3) is 0 Å². The number of urea groups is 1. The Labute approximate surface area is 86.2 Å². The maximum absolute atomic E-state index is 11.6. The van der Waals surface area contributed by atoms with Crippen molar-refractivity contribution in [2.75, 3.05) is 26.8 Å². The maximum atomic E-state index is 11.6. The minimum atomic E-state index is -4.37. The van der Waals surface area contributed by atoms with Gasteiger partial charge in [-0.3, -0.25) is 0 Å². The molecule has 0 atom stereocenters. The summed E-state index contributed by atoms with van der Waals surface area (Å²) in [6, 6.07) is -0.801. The Morgan fingerprint density at radius 3 is 2.47 bits per heavy atom. The van der Waals surface area contributed by atoms with Crippen LogP contribution in [-0.4, -0.2) is 39.0 Å². The minimum absolute atomic E-state index is 0.340. The van der Waals surface area contributed by atoms with Gasteiger partial charge in [-0.25, -0.2) is 4.79 Å². The molecule has 90 valence electrons. The fraction of sp³-hybridized carbons (Fsp3) is 0.875. The van der Waals surface area contributed by atoms with E-state index in [9.17, 15) is 18.0 Å². The molecule has 0 heterocycles. The molecule has 0 radical (unpaired) electrons. The lowest BCUT2D eigenvalue weighted by atomic mass is 10.3. The largest absolute Gasteiger partial charge is 0.405 e. The Bertz CT molecular complexity index is 185. The van der Waals surface area contributed by atoms with Crippen molar-refractivity contribution in [2.24, 2.45) is 0 Å². The first-order valence-corrected chi connectivity index (χ1v) is 4.53. The predicted molar refractivity (Wildman–Crippen MR) is 48.6 cm³/mol. The van der Waals surface area contributed by atoms with Gasteiger partial charge in [-0.2, -0.15) is 13.2 Å². The van der Waals surface area contributed by atoms with Gasteiger partial charge >= 0.3 is 12.2 Å². The third-order valence-corrected chi connectivity index (χ3v) is 1.51. The lowest BCUT2D eigenvalue weighted by Gasteiger charge is -2.09. The number of unbranched alkanes of at least 4 members (excludes halogenated alkanes) is 1. The van der Waals surface area contributed by atoms with Crippen LogP contribution in [0.5, 0.6) is 0 Å². The summed E-state index contributed by atoms with van der Waals surface area (Å²) in [5.74, 6) is 0. The van der Waals surface area contributed by atoms with Crippen LogP contribution in [-0.2, 0) is 4.74 Å². The predicted octanol–water partition coefficient (Wildman–Crippen LogP) is 1.27. The Hall–Kier alpha value is -0.980. The Morgan fingerprint density at radius 1 is 1.27 bits per heavy atom. The number of carbonyl (C=O) groups is 1. The van der Waals surface area contributed by atoms with Gasteiger partial charge in [0.1, 0.15) is 6.54 Å². The van der Waals surface area contributed by atoms with Gasteiger partial charge in [0, 0.05) is 20.3 Å². The van der Waals surface area contributed by atoms with E-state index in [1.807, 2.05) is 0 Å². The highest BCUT2D eigenvalue weighted by atomic mass is 19.4. The molecule has 15 heavy (non-hydrogen) atoms. The summed E-state index contributed by atoms with van der Waals surface area (Å²) in [6.45, 7) is -0.393. The van der Waals surface area contributed by atoms with Crippen LogP contribution in [0, 0.1) is 0 Å². The number of alkyl halides is 3. The summed E-state index contributed by atoms with van der Waals surface area (Å²) in [4.78, 5) is 10.8. The average Bonchev–Trinajstić information content (AvgIpc) is 2.13. The van der Waals surface area contributed by atoms with Gasteiger partial charge in [-0.05, 0) is 12.8 Å². The van der Waals surface area contributed by atoms with E-state index in [0.29, 0.717) is 19.6 Å². The quantitative estimate of drug-likeness (QED) is 0.673. The van der Waals surface area contributed by atoms with Gasteiger partial charge in [0.15, 0.2) is 0 Å². The fourth-order valence-corrected chi connectivity index (χ4v) is 0.816. The van der Waals surface area contributed by atoms with Crippen LogP contribution in [0.2, 0.25) is 0 Å². The second-order valence-electron chi connectivity index (χ2n) is 2.92. The first kappa shape index (κ1) is 14.0. The highest BCUT2D eigenvalue weighted by Gasteiger charge is 2.27. The van der Waals surface area contributed by atoms with E-state index in [1.54, 1.807) is 12.4 Å². The number of ether oxygens (including phenoxy) is 1. The molecule has 0 rings (SSSR count). The van der Waals surface area contributed by atoms with Gasteiger partial charge in [-0.1, -0.05) is 0 Å². The van der Waals surface area contributed by atoms with E-state index in [4.69, 9.17) is 4.74 Å². The van der Waals surface area contributed by atoms with E-state index in [2.05, 4.69) is 5.32 Å². The molecule has 0 spiro atoms. The first-order chi connectivity index (χ1) is 6.95. The summed E-state index contributed by atoms with van der Waals surface area (Å²) in [7, 11) is 1.56. The van der Waals surface area contributed by atoms with Crippen molar-refractivity contribution in [1.29, 1.82) is 0 Å². The lowest BCUT2D eigenvalue weighted by molar-refractivity contribution is -0.122. The molecular weight excluding hydrogens is 213 g/mol. The fourth-order valence-electron chi connectivity index (χ4n) is 0.816. The van der Waals surface area contributed by atoms with E-state index in [1.165, 1.54) is 0 Å². The van der Waals surface area contributed by atoms with Gasteiger partial charge in [0.2, 0.25) is 0 Å². The van der Waals surface area contributed by atoms with Crippen molar-refractivity contribution in [3.63, 3.8) is 0 Å². The zero-order valence-corrected chi connectivity index (χ0v) is 8.49. The summed E-state index contributed by atoms with van der Waals surface area (Å²) >= 11 is 0. The number of nitrogens with one attached hydrogen (secondary N) is 2. The van der Waals surface area contributed by atoms with Crippen molar-refractivity contribution in [3.8, 4) is 0 Å². The highest BCUT2D eigenvalue weighted by Crippen LogP contribution is 2.11. The Kier molecular flexibility index (Phi) is 6.85. The maximum Gasteiger partial charge on any atom is 0.405 e. The summed E-state index contributed by atoms with van der Waals surface area (Å²) in [5, 5.41) is 4.02. The molecule has 0 fully saturated rings. The summed E-state index contributed by atoms with van der Waals surface area (Å²) in [6.07, 6.45) is -2.93. The monoisotopic (exact) mass is 228 g/mol. The number of halogens is 3. The smallest absolute Gasteiger partial charge is 0.385 e. The van der Waals surface area contributed by atoms with Crippen molar-refractivity contribution in [1.82, 2.24) is 10.6 Å². The molecule has 0 unspecified atom stereocenters. The van der Waals surface area contributed by atoms with Gasteiger partial charge in [0.05, 0.1) is 0 Å². The highest BCUT2D eigenvalue weighted by molar-refractivity contribution is 5.73. The van der Waals surface area contributed by atoms with Crippen LogP contribution >= 0.6 is 0 Å². The summed E-state index contributed by atoms with van der Waals surface area (Å²) < 4.78 is 39.7. The lowest BCUT2D eigenvalue weighted by Crippen LogP contribution is -2.41. The van der Waals surface area contributed by atoms with Crippen molar-refractivity contribution in [2.45, 2.75) is 19.0 Å². The van der Waals surface area contributed by atoms with Crippen LogP contribution in [0.3, 0.4) is 0 Å². The molecule has 0 aliphatic rings. The molecule has 0 saturated heterocycles. The molecule has 0 saturated carbocycles. The minimum Gasteiger partial charge on any atom is -0.385 e. The number of rotatable bonds is 6. The zero-order chi connectivity index (χ0) is 11.7. The van der Waals surface area contributed by atoms with Gasteiger partial charge < -0.3 is 15.4 Å². The van der Waals surface area contributed by atoms with E-state index >= 15 is 0 Å². The topological polar surface area (TPSA) is 50.4 Å². The second kappa shape index (κ2) is 7.33. The SMILES string of the molecule is COCCCCNC(=O)NCC(F)(F)F. The standard InChI is InChI=1S/C8H15F3N2O2/c1-15-5-3-2-4-12-7(14)13-6-8(9,10)11/h2-6H2,1H3,(H2,12,13,14). The van der Waals surface area contributed by atoms with Crippen LogP contribution in [0.15, 0.2) is 0 Å². The molecule has 0 aliphatic heterocycles. The number of hydrogen-bond acceptors (Lipinski definition) is 2. The van der Waals surface area contributed by atoms with Crippen LogP contribution < -0.4 is 10.6 Å². The Morgan fingerprint density at radius 2 is 1.93 bits per heavy atom. The molecule has 7 heteroatoms. The van der Waals surface area contributed by atoms with Gasteiger partial charge in [-0.15, -0.1) is 0 Å². The summed E-state index contributed by atoms with van der Waals surface area (Å²) in [5.41, 5.74) is 0. The molecular formula is C8H15F3N2O2. The molecule has 4 nitrogen and oxygen atoms in total. The number of methoxy groups -OCH3 is 1. The van der Waals surface area contributed by atoms with E-state index in [0.717, 1.165) is 6.42 Å². The molecule has 0 aliphatic carbocycles. The average molecular weight is 228 g/mol. The molecule has 0 aromatic carbocycles. The van der Waals surface area contributed by atoms with Crippen molar-refractivity contribution < 1.29 is 22.7 Å². The van der Waals surface area contributed by atoms with E-state index in [-0.39, 0.29) is 0 Å². The number of carbonyl (C=O) groups excluding carboxylic acids is 1. The van der Waals surface area contributed by atoms with Crippen LogP contribution in [0.25, 0.3) is 0 Å². The van der Waals surface area contributed by atoms with E-state index < -0.39 is 18.8 Å². The third-order valence-electron chi connectivity index (χ3n) is 1.51. The molecule has 2 amide bonds. The normalized spacial score (nSPS) is 11.2. The molecule has 0 aromatic heterocycles. The number of amides is 2. The van der Waals surface area contributed by atoms with Crippen LogP contribution in [0.1, 0.15) is 12.8 Å². The second-order valence-corrected chi connectivity index (χ2v) is 2.92. The zero-order valence-electron chi connectivity index (χ0n) is 8.49. The van der Waals surface area contributed by atoms with Crippen molar-refractivity contribution in [3.05, 3.63) is 0 Å². The number of hydrogen-bond donors (Lipinski definition) is 2. The van der Waals surface area contributed by atoms with Crippen LogP contribution in [0.4, 0.5) is 18.0 Å². The molecule has 0 bridgehead atoms. The third kappa shape index (κ3) is 10.9.